The molecule has 2 aliphatic rings. The van der Waals surface area contributed by atoms with Crippen molar-refractivity contribution in [2.75, 3.05) is 32.0 Å². The van der Waals surface area contributed by atoms with Crippen molar-refractivity contribution in [1.82, 2.24) is 0 Å². The Hall–Kier alpha value is -3.45. The molecule has 0 fully saturated rings. The van der Waals surface area contributed by atoms with E-state index in [0.29, 0.717) is 17.9 Å². The second-order valence-electron chi connectivity index (χ2n) is 8.67. The van der Waals surface area contributed by atoms with Crippen LogP contribution in [0.4, 0.5) is 11.4 Å². The molecule has 0 spiro atoms. The van der Waals surface area contributed by atoms with Crippen LogP contribution in [-0.2, 0) is 4.79 Å². The molecule has 0 bridgehead atoms. The van der Waals surface area contributed by atoms with Gasteiger partial charge in [-0.1, -0.05) is 40.2 Å². The summed E-state index contributed by atoms with van der Waals surface area (Å²) in [6.45, 7) is 0. The van der Waals surface area contributed by atoms with E-state index < -0.39 is 0 Å². The predicted molar refractivity (Wildman–Crippen MR) is 141 cm³/mol. The number of ketones is 1. The maximum Gasteiger partial charge on any atom is 0.163 e. The van der Waals surface area contributed by atoms with E-state index in [4.69, 9.17) is 14.2 Å². The SMILES string of the molecule is COc1ccc([C@@H]2CC(=O)C3=C(C2)Nc2ccccc2N[C@@H]3c2cc(OC)c(OC)cc2Br)cc1. The van der Waals surface area contributed by atoms with E-state index in [1.165, 1.54) is 0 Å². The molecule has 1 heterocycles. The van der Waals surface area contributed by atoms with E-state index in [2.05, 4.69) is 26.6 Å². The molecule has 2 atom stereocenters. The van der Waals surface area contributed by atoms with Crippen LogP contribution in [0.3, 0.4) is 0 Å². The first-order chi connectivity index (χ1) is 17.0. The van der Waals surface area contributed by atoms with Crippen LogP contribution in [0.2, 0.25) is 0 Å². The van der Waals surface area contributed by atoms with Crippen LogP contribution in [0.25, 0.3) is 0 Å². The molecule has 7 heteroatoms. The maximum absolute atomic E-state index is 13.8. The molecule has 0 aromatic heterocycles. The zero-order valence-electron chi connectivity index (χ0n) is 19.9. The Labute approximate surface area is 213 Å². The van der Waals surface area contributed by atoms with Crippen LogP contribution in [0, 0.1) is 0 Å². The van der Waals surface area contributed by atoms with Gasteiger partial charge in [0.1, 0.15) is 5.75 Å². The monoisotopic (exact) mass is 534 g/mol. The van der Waals surface area contributed by atoms with Gasteiger partial charge in [-0.25, -0.2) is 0 Å². The van der Waals surface area contributed by atoms with Crippen molar-refractivity contribution in [3.05, 3.63) is 87.5 Å². The molecule has 1 aliphatic carbocycles. The van der Waals surface area contributed by atoms with E-state index >= 15 is 0 Å². The van der Waals surface area contributed by atoms with E-state index in [0.717, 1.165) is 50.4 Å². The Morgan fingerprint density at radius 1 is 0.857 bits per heavy atom. The van der Waals surface area contributed by atoms with Crippen molar-refractivity contribution < 1.29 is 19.0 Å². The van der Waals surface area contributed by atoms with Gasteiger partial charge < -0.3 is 24.8 Å². The van der Waals surface area contributed by atoms with Crippen molar-refractivity contribution in [1.29, 1.82) is 0 Å². The van der Waals surface area contributed by atoms with Crippen LogP contribution in [0.15, 0.2) is 76.4 Å². The van der Waals surface area contributed by atoms with Crippen LogP contribution < -0.4 is 24.8 Å². The third kappa shape index (κ3) is 4.36. The standard InChI is InChI=1S/C28H27BrN2O4/c1-33-18-10-8-16(9-11-18)17-12-23-27(24(32)13-17)28(31-22-7-5-4-6-21(22)30-23)19-14-25(34-2)26(35-3)15-20(19)29/h4-11,14-15,17,28,30-31H,12-13H2,1-3H3/t17-,28+/m0/s1. The molecule has 0 saturated carbocycles. The zero-order valence-corrected chi connectivity index (χ0v) is 21.4. The van der Waals surface area contributed by atoms with Crippen molar-refractivity contribution in [3.63, 3.8) is 0 Å². The van der Waals surface area contributed by atoms with E-state index in [-0.39, 0.29) is 17.7 Å². The molecular weight excluding hydrogens is 508 g/mol. The largest absolute Gasteiger partial charge is 0.497 e. The summed E-state index contributed by atoms with van der Waals surface area (Å²) in [5.41, 5.74) is 5.60. The number of carbonyl (C=O) groups is 1. The second kappa shape index (κ2) is 9.66. The summed E-state index contributed by atoms with van der Waals surface area (Å²) in [5.74, 6) is 2.24. The Kier molecular flexibility index (Phi) is 6.43. The second-order valence-corrected chi connectivity index (χ2v) is 9.52. The van der Waals surface area contributed by atoms with Crippen molar-refractivity contribution >= 4 is 33.1 Å². The summed E-state index contributed by atoms with van der Waals surface area (Å²) < 4.78 is 17.2. The molecule has 3 aromatic carbocycles. The van der Waals surface area contributed by atoms with Gasteiger partial charge in [-0.05, 0) is 59.9 Å². The number of benzene rings is 3. The van der Waals surface area contributed by atoms with Gasteiger partial charge in [-0.3, -0.25) is 4.79 Å². The van der Waals surface area contributed by atoms with Crippen molar-refractivity contribution in [2.24, 2.45) is 0 Å². The number of Topliss-reactive ketones (excluding diaryl/α,β-unsaturated/α-hetero) is 1. The number of rotatable bonds is 5. The maximum atomic E-state index is 13.8. The van der Waals surface area contributed by atoms with Gasteiger partial charge in [-0.15, -0.1) is 0 Å². The lowest BCUT2D eigenvalue weighted by Crippen LogP contribution is -2.27. The summed E-state index contributed by atoms with van der Waals surface area (Å²) in [7, 11) is 4.88. The van der Waals surface area contributed by atoms with Gasteiger partial charge >= 0.3 is 0 Å². The Balaban J connectivity index is 1.62. The highest BCUT2D eigenvalue weighted by atomic mass is 79.9. The number of carbonyl (C=O) groups excluding carboxylic acids is 1. The van der Waals surface area contributed by atoms with Crippen LogP contribution >= 0.6 is 15.9 Å². The summed E-state index contributed by atoms with van der Waals surface area (Å²) in [5, 5.41) is 7.21. The fourth-order valence-corrected chi connectivity index (χ4v) is 5.48. The normalized spacial score (nSPS) is 19.0. The molecule has 0 radical (unpaired) electrons. The van der Waals surface area contributed by atoms with Gasteiger partial charge in [0.25, 0.3) is 0 Å². The van der Waals surface area contributed by atoms with Gasteiger partial charge in [0.05, 0.1) is 38.7 Å². The number of anilines is 2. The summed E-state index contributed by atoms with van der Waals surface area (Å²) in [6, 6.07) is 19.5. The fraction of sp³-hybridized carbons (Fsp3) is 0.250. The number of halogens is 1. The molecule has 1 aliphatic heterocycles. The molecule has 2 N–H and O–H groups in total. The minimum absolute atomic E-state index is 0.0828. The minimum atomic E-state index is -0.361. The topological polar surface area (TPSA) is 68.8 Å². The number of methoxy groups -OCH3 is 3. The molecule has 0 saturated heterocycles. The Morgan fingerprint density at radius 2 is 1.54 bits per heavy atom. The highest BCUT2D eigenvalue weighted by molar-refractivity contribution is 9.10. The lowest BCUT2D eigenvalue weighted by molar-refractivity contribution is -0.116. The van der Waals surface area contributed by atoms with E-state index in [1.54, 1.807) is 21.3 Å². The minimum Gasteiger partial charge on any atom is -0.497 e. The van der Waals surface area contributed by atoms with Gasteiger partial charge in [0.2, 0.25) is 0 Å². The highest BCUT2D eigenvalue weighted by Crippen LogP contribution is 2.47. The van der Waals surface area contributed by atoms with Gasteiger partial charge in [-0.2, -0.15) is 0 Å². The number of allylic oxidation sites excluding steroid dienone is 1. The third-order valence-electron chi connectivity index (χ3n) is 6.71. The van der Waals surface area contributed by atoms with Crippen LogP contribution in [0.1, 0.15) is 35.9 Å². The summed E-state index contributed by atoms with van der Waals surface area (Å²) >= 11 is 3.71. The van der Waals surface area contributed by atoms with Gasteiger partial charge in [0.15, 0.2) is 17.3 Å². The number of para-hydroxylation sites is 2. The Morgan fingerprint density at radius 3 is 2.23 bits per heavy atom. The average molecular weight is 535 g/mol. The number of hydrogen-bond donors (Lipinski definition) is 2. The molecule has 180 valence electrons. The zero-order chi connectivity index (χ0) is 24.5. The first-order valence-corrected chi connectivity index (χ1v) is 12.3. The lowest BCUT2D eigenvalue weighted by atomic mass is 9.78. The lowest BCUT2D eigenvalue weighted by Gasteiger charge is -2.30. The number of ether oxygens (including phenoxy) is 3. The third-order valence-corrected chi connectivity index (χ3v) is 7.40. The quantitative estimate of drug-likeness (QED) is 0.391. The van der Waals surface area contributed by atoms with Crippen molar-refractivity contribution in [3.8, 4) is 17.2 Å². The molecule has 6 nitrogen and oxygen atoms in total. The van der Waals surface area contributed by atoms with E-state index in [9.17, 15) is 4.79 Å². The Bertz CT molecular complexity index is 1300. The number of nitrogens with one attached hydrogen (secondary N) is 2. The summed E-state index contributed by atoms with van der Waals surface area (Å²) in [4.78, 5) is 13.8. The average Bonchev–Trinajstić information content (AvgIpc) is 3.05. The molecule has 35 heavy (non-hydrogen) atoms. The number of hydrogen-bond acceptors (Lipinski definition) is 6. The van der Waals surface area contributed by atoms with Gasteiger partial charge in [0, 0.05) is 22.2 Å². The molecule has 5 rings (SSSR count). The van der Waals surface area contributed by atoms with Crippen molar-refractivity contribution in [2.45, 2.75) is 24.8 Å². The van der Waals surface area contributed by atoms with Crippen LogP contribution in [-0.4, -0.2) is 27.1 Å². The molecule has 3 aromatic rings. The summed E-state index contributed by atoms with van der Waals surface area (Å²) in [6.07, 6.45) is 1.16. The number of fused-ring (bicyclic) bond motifs is 1. The first kappa shape index (κ1) is 23.3. The molecule has 0 unspecified atom stereocenters. The highest BCUT2D eigenvalue weighted by Gasteiger charge is 2.37. The van der Waals surface area contributed by atoms with E-state index in [1.807, 2.05) is 60.7 Å². The fourth-order valence-electron chi connectivity index (χ4n) is 4.93. The van der Waals surface area contributed by atoms with Crippen LogP contribution in [0.5, 0.6) is 17.2 Å². The molecular formula is C28H27BrN2O4. The smallest absolute Gasteiger partial charge is 0.163 e. The first-order valence-electron chi connectivity index (χ1n) is 11.5. The predicted octanol–water partition coefficient (Wildman–Crippen LogP) is 6.45. The molecule has 0 amide bonds.